The third-order valence-corrected chi connectivity index (χ3v) is 3.19. The summed E-state index contributed by atoms with van der Waals surface area (Å²) in [6.45, 7) is 14.2. The van der Waals surface area contributed by atoms with Crippen molar-refractivity contribution in [2.24, 2.45) is 0 Å². The van der Waals surface area contributed by atoms with Crippen molar-refractivity contribution in [1.82, 2.24) is 15.1 Å². The van der Waals surface area contributed by atoms with Crippen LogP contribution in [-0.4, -0.2) is 35.6 Å². The lowest BCUT2D eigenvalue weighted by Crippen LogP contribution is -2.23. The van der Waals surface area contributed by atoms with Crippen molar-refractivity contribution in [3.05, 3.63) is 17.0 Å². The molecular formula is C14H27N3O. The second-order valence-corrected chi connectivity index (χ2v) is 5.04. The summed E-state index contributed by atoms with van der Waals surface area (Å²) >= 11 is 0. The highest BCUT2D eigenvalue weighted by Gasteiger charge is 2.05. The standard InChI is InChI=1S/C14H27N3O/c1-11(2)18-10-6-7-15-8-9-17-14(5)12(3)13(4)16-17/h11,15H,6-10H2,1-5H3. The second-order valence-electron chi connectivity index (χ2n) is 5.04. The Labute approximate surface area is 111 Å². The molecule has 1 rings (SSSR count). The maximum atomic E-state index is 5.49. The van der Waals surface area contributed by atoms with E-state index in [1.165, 1.54) is 11.3 Å². The molecule has 0 fully saturated rings. The van der Waals surface area contributed by atoms with Crippen LogP contribution in [0.2, 0.25) is 0 Å². The number of nitrogens with one attached hydrogen (secondary N) is 1. The van der Waals surface area contributed by atoms with Crippen molar-refractivity contribution in [3.8, 4) is 0 Å². The van der Waals surface area contributed by atoms with Gasteiger partial charge in [-0.15, -0.1) is 0 Å². The van der Waals surface area contributed by atoms with Gasteiger partial charge >= 0.3 is 0 Å². The Morgan fingerprint density at radius 2 is 1.94 bits per heavy atom. The molecule has 0 saturated heterocycles. The topological polar surface area (TPSA) is 39.1 Å². The van der Waals surface area contributed by atoms with Crippen molar-refractivity contribution < 1.29 is 4.74 Å². The van der Waals surface area contributed by atoms with Gasteiger partial charge in [-0.3, -0.25) is 4.68 Å². The van der Waals surface area contributed by atoms with E-state index < -0.39 is 0 Å². The first-order chi connectivity index (χ1) is 8.52. The normalized spacial score (nSPS) is 11.4. The quantitative estimate of drug-likeness (QED) is 0.722. The van der Waals surface area contributed by atoms with Crippen LogP contribution < -0.4 is 5.32 Å². The number of ether oxygens (including phenoxy) is 1. The molecule has 1 N–H and O–H groups in total. The highest BCUT2D eigenvalue weighted by molar-refractivity contribution is 5.22. The minimum atomic E-state index is 0.336. The van der Waals surface area contributed by atoms with E-state index in [9.17, 15) is 0 Å². The second kappa shape index (κ2) is 7.54. The van der Waals surface area contributed by atoms with E-state index in [2.05, 4.69) is 49.7 Å². The number of rotatable bonds is 8. The van der Waals surface area contributed by atoms with Crippen LogP contribution in [0.5, 0.6) is 0 Å². The summed E-state index contributed by atoms with van der Waals surface area (Å²) in [5.41, 5.74) is 3.72. The molecule has 0 unspecified atom stereocenters. The predicted octanol–water partition coefficient (Wildman–Crippen LogP) is 2.21. The van der Waals surface area contributed by atoms with Crippen molar-refractivity contribution >= 4 is 0 Å². The van der Waals surface area contributed by atoms with Gasteiger partial charge in [0.2, 0.25) is 0 Å². The molecule has 4 heteroatoms. The summed E-state index contributed by atoms with van der Waals surface area (Å²) in [6, 6.07) is 0. The highest BCUT2D eigenvalue weighted by Crippen LogP contribution is 2.10. The Morgan fingerprint density at radius 3 is 2.50 bits per heavy atom. The molecule has 1 aromatic heterocycles. The van der Waals surface area contributed by atoms with Crippen LogP contribution in [0.3, 0.4) is 0 Å². The van der Waals surface area contributed by atoms with Gasteiger partial charge in [-0.1, -0.05) is 0 Å². The Kier molecular flexibility index (Phi) is 6.36. The number of aromatic nitrogens is 2. The zero-order valence-corrected chi connectivity index (χ0v) is 12.4. The van der Waals surface area contributed by atoms with Crippen molar-refractivity contribution in [2.75, 3.05) is 19.7 Å². The maximum absolute atomic E-state index is 5.49. The molecule has 0 amide bonds. The van der Waals surface area contributed by atoms with Crippen LogP contribution in [0.1, 0.15) is 37.2 Å². The van der Waals surface area contributed by atoms with Gasteiger partial charge in [0.1, 0.15) is 0 Å². The van der Waals surface area contributed by atoms with E-state index in [1.807, 2.05) is 0 Å². The third kappa shape index (κ3) is 4.78. The molecule has 104 valence electrons. The van der Waals surface area contributed by atoms with E-state index in [1.54, 1.807) is 0 Å². The molecule has 0 atom stereocenters. The number of hydrogen-bond donors (Lipinski definition) is 1. The lowest BCUT2D eigenvalue weighted by atomic mass is 10.2. The highest BCUT2D eigenvalue weighted by atomic mass is 16.5. The molecular weight excluding hydrogens is 226 g/mol. The van der Waals surface area contributed by atoms with Gasteiger partial charge < -0.3 is 10.1 Å². The fourth-order valence-corrected chi connectivity index (χ4v) is 1.83. The van der Waals surface area contributed by atoms with Crippen LogP contribution in [0, 0.1) is 20.8 Å². The molecule has 1 aromatic rings. The van der Waals surface area contributed by atoms with Gasteiger partial charge in [0.15, 0.2) is 0 Å². The molecule has 18 heavy (non-hydrogen) atoms. The van der Waals surface area contributed by atoms with Gasteiger partial charge in [0.05, 0.1) is 18.3 Å². The minimum Gasteiger partial charge on any atom is -0.379 e. The first kappa shape index (κ1) is 15.2. The van der Waals surface area contributed by atoms with Crippen molar-refractivity contribution in [3.63, 3.8) is 0 Å². The summed E-state index contributed by atoms with van der Waals surface area (Å²) in [5.74, 6) is 0. The molecule has 1 heterocycles. The number of nitrogens with zero attached hydrogens (tertiary/aromatic N) is 2. The summed E-state index contributed by atoms with van der Waals surface area (Å²) < 4.78 is 7.57. The Hall–Kier alpha value is -0.870. The zero-order valence-electron chi connectivity index (χ0n) is 12.4. The summed E-state index contributed by atoms with van der Waals surface area (Å²) in [7, 11) is 0. The monoisotopic (exact) mass is 253 g/mol. The van der Waals surface area contributed by atoms with Gasteiger partial charge in [-0.25, -0.2) is 0 Å². The fourth-order valence-electron chi connectivity index (χ4n) is 1.83. The smallest absolute Gasteiger partial charge is 0.0625 e. The number of hydrogen-bond acceptors (Lipinski definition) is 3. The Bertz CT molecular complexity index is 358. The van der Waals surface area contributed by atoms with E-state index in [0.717, 1.165) is 38.4 Å². The van der Waals surface area contributed by atoms with Crippen LogP contribution in [0.4, 0.5) is 0 Å². The first-order valence-electron chi connectivity index (χ1n) is 6.85. The van der Waals surface area contributed by atoms with E-state index in [0.29, 0.717) is 6.10 Å². The Morgan fingerprint density at radius 1 is 1.22 bits per heavy atom. The van der Waals surface area contributed by atoms with E-state index in [-0.39, 0.29) is 0 Å². The summed E-state index contributed by atoms with van der Waals surface area (Å²) in [4.78, 5) is 0. The fraction of sp³-hybridized carbons (Fsp3) is 0.786. The molecule has 0 radical (unpaired) electrons. The van der Waals surface area contributed by atoms with Gasteiger partial charge in [-0.2, -0.15) is 5.10 Å². The SMILES string of the molecule is Cc1nn(CCNCCCOC(C)C)c(C)c1C. The number of aryl methyl sites for hydroxylation is 1. The van der Waals surface area contributed by atoms with Crippen molar-refractivity contribution in [1.29, 1.82) is 0 Å². The van der Waals surface area contributed by atoms with Crippen LogP contribution in [0.15, 0.2) is 0 Å². The average Bonchev–Trinajstić information content (AvgIpc) is 2.55. The van der Waals surface area contributed by atoms with Crippen molar-refractivity contribution in [2.45, 2.75) is 53.7 Å². The predicted molar refractivity (Wildman–Crippen MR) is 75.0 cm³/mol. The molecule has 0 aliphatic heterocycles. The molecule has 0 aromatic carbocycles. The summed E-state index contributed by atoms with van der Waals surface area (Å²) in [5, 5.41) is 7.94. The molecule has 0 aliphatic carbocycles. The molecule has 0 aliphatic rings. The van der Waals surface area contributed by atoms with E-state index >= 15 is 0 Å². The first-order valence-corrected chi connectivity index (χ1v) is 6.85. The lowest BCUT2D eigenvalue weighted by molar-refractivity contribution is 0.0771. The molecule has 0 saturated carbocycles. The van der Waals surface area contributed by atoms with Gasteiger partial charge in [-0.05, 0) is 53.1 Å². The van der Waals surface area contributed by atoms with Crippen LogP contribution >= 0.6 is 0 Å². The van der Waals surface area contributed by atoms with Gasteiger partial charge in [0.25, 0.3) is 0 Å². The average molecular weight is 253 g/mol. The summed E-state index contributed by atoms with van der Waals surface area (Å²) in [6.07, 6.45) is 1.40. The van der Waals surface area contributed by atoms with E-state index in [4.69, 9.17) is 4.74 Å². The van der Waals surface area contributed by atoms with Crippen LogP contribution in [0.25, 0.3) is 0 Å². The lowest BCUT2D eigenvalue weighted by Gasteiger charge is -2.09. The Balaban J connectivity index is 2.13. The molecule has 4 nitrogen and oxygen atoms in total. The zero-order chi connectivity index (χ0) is 13.5. The van der Waals surface area contributed by atoms with Crippen LogP contribution in [-0.2, 0) is 11.3 Å². The van der Waals surface area contributed by atoms with Gasteiger partial charge in [0, 0.05) is 18.8 Å². The minimum absolute atomic E-state index is 0.336. The third-order valence-electron chi connectivity index (χ3n) is 3.19. The largest absolute Gasteiger partial charge is 0.379 e. The molecule has 0 bridgehead atoms. The maximum Gasteiger partial charge on any atom is 0.0625 e. The molecule has 0 spiro atoms.